The lowest BCUT2D eigenvalue weighted by Crippen LogP contribution is -2.51. The van der Waals surface area contributed by atoms with Crippen LogP contribution in [0.5, 0.6) is 0 Å². The molecule has 6 nitrogen and oxygen atoms in total. The van der Waals surface area contributed by atoms with Gasteiger partial charge in [0, 0.05) is 10.9 Å². The van der Waals surface area contributed by atoms with E-state index in [1.165, 1.54) is 0 Å². The highest BCUT2D eigenvalue weighted by atomic mass is 35.5. The zero-order valence-corrected chi connectivity index (χ0v) is 26.0. The molecule has 1 unspecified atom stereocenters. The number of hydrogen-bond acceptors (Lipinski definition) is 6. The first-order valence-corrected chi connectivity index (χ1v) is 15.3. The monoisotopic (exact) mass is 615 g/mol. The number of nitrogens with zero attached hydrogens (tertiary/aromatic N) is 3. The van der Waals surface area contributed by atoms with Crippen LogP contribution in [-0.2, 0) is 27.4 Å². The SMILES string of the molecule is CC[C@H]1O[C@@H](c2ccc(Cl)c(C(C#N)c3cc(C)c(Cl)nn3)c2)[C@H](OCc2ccccc2)[C@@H](OCc2ccccc2)[C@@H]1C. The van der Waals surface area contributed by atoms with Crippen LogP contribution in [0.15, 0.2) is 84.9 Å². The van der Waals surface area contributed by atoms with Crippen molar-refractivity contribution in [2.24, 2.45) is 5.92 Å². The van der Waals surface area contributed by atoms with Crippen LogP contribution in [0.2, 0.25) is 10.2 Å². The van der Waals surface area contributed by atoms with Crippen molar-refractivity contribution in [2.75, 3.05) is 0 Å². The molecule has 1 aliphatic rings. The molecule has 5 rings (SSSR count). The van der Waals surface area contributed by atoms with Gasteiger partial charge in [-0.2, -0.15) is 10.4 Å². The summed E-state index contributed by atoms with van der Waals surface area (Å²) in [5.74, 6) is -0.661. The van der Waals surface area contributed by atoms with E-state index in [0.717, 1.165) is 28.7 Å². The fourth-order valence-corrected chi connectivity index (χ4v) is 5.98. The van der Waals surface area contributed by atoms with Crippen LogP contribution in [0.1, 0.15) is 65.8 Å². The predicted octanol–water partition coefficient (Wildman–Crippen LogP) is 8.40. The average molecular weight is 617 g/mol. The van der Waals surface area contributed by atoms with Crippen LogP contribution in [0.25, 0.3) is 0 Å². The van der Waals surface area contributed by atoms with E-state index in [-0.39, 0.29) is 18.1 Å². The van der Waals surface area contributed by atoms with Crippen LogP contribution in [0, 0.1) is 24.2 Å². The molecule has 0 saturated carbocycles. The first kappa shape index (κ1) is 31.1. The Balaban J connectivity index is 1.52. The largest absolute Gasteiger partial charge is 0.370 e. The minimum atomic E-state index is -0.741. The van der Waals surface area contributed by atoms with Gasteiger partial charge in [0.05, 0.1) is 37.2 Å². The zero-order valence-electron chi connectivity index (χ0n) is 24.5. The summed E-state index contributed by atoms with van der Waals surface area (Å²) in [6.07, 6.45) is -0.371. The molecular formula is C35H35Cl2N3O3. The third-order valence-corrected chi connectivity index (χ3v) is 8.77. The van der Waals surface area contributed by atoms with Crippen molar-refractivity contribution in [3.63, 3.8) is 0 Å². The maximum atomic E-state index is 10.2. The standard InChI is InChI=1S/C35H35Cl2N3O3/c1-4-31-23(3)32(41-20-24-11-7-5-8-12-24)34(42-21-25-13-9-6-10-14-25)33(43-31)26-15-16-29(36)27(18-26)28(19-38)30-17-22(2)35(37)40-39-30/h5-18,23,28,31-34H,4,20-21H2,1-3H3/t23-,28?,31-,32+,33+,34-/m1/s1. The molecule has 43 heavy (non-hydrogen) atoms. The summed E-state index contributed by atoms with van der Waals surface area (Å²) in [5, 5.41) is 19.2. The van der Waals surface area contributed by atoms with E-state index in [1.54, 1.807) is 6.07 Å². The van der Waals surface area contributed by atoms with Gasteiger partial charge in [-0.15, -0.1) is 5.10 Å². The summed E-state index contributed by atoms with van der Waals surface area (Å²) in [6.45, 7) is 6.99. The summed E-state index contributed by atoms with van der Waals surface area (Å²) in [4.78, 5) is 0. The Labute approximate surface area is 263 Å². The lowest BCUT2D eigenvalue weighted by atomic mass is 9.83. The second-order valence-corrected chi connectivity index (χ2v) is 11.7. The normalized spacial score (nSPS) is 22.6. The van der Waals surface area contributed by atoms with Gasteiger partial charge in [0.1, 0.15) is 18.1 Å². The molecule has 0 N–H and O–H groups in total. The molecular weight excluding hydrogens is 581 g/mol. The lowest BCUT2D eigenvalue weighted by molar-refractivity contribution is -0.234. The lowest BCUT2D eigenvalue weighted by Gasteiger charge is -2.46. The number of hydrogen-bond donors (Lipinski definition) is 0. The van der Waals surface area contributed by atoms with Crippen molar-refractivity contribution in [3.05, 3.63) is 129 Å². The Bertz CT molecular complexity index is 1550. The first-order valence-electron chi connectivity index (χ1n) is 14.5. The zero-order chi connectivity index (χ0) is 30.3. The second kappa shape index (κ2) is 14.4. The quantitative estimate of drug-likeness (QED) is 0.178. The van der Waals surface area contributed by atoms with Crippen molar-refractivity contribution in [1.82, 2.24) is 10.2 Å². The average Bonchev–Trinajstić information content (AvgIpc) is 3.03. The highest BCUT2D eigenvalue weighted by Gasteiger charge is 2.45. The van der Waals surface area contributed by atoms with Crippen molar-refractivity contribution in [3.8, 4) is 6.07 Å². The third kappa shape index (κ3) is 7.26. The third-order valence-electron chi connectivity index (χ3n) is 8.05. The summed E-state index contributed by atoms with van der Waals surface area (Å²) in [7, 11) is 0. The molecule has 4 aromatic rings. The van der Waals surface area contributed by atoms with Crippen LogP contribution in [0.3, 0.4) is 0 Å². The van der Waals surface area contributed by atoms with Crippen molar-refractivity contribution in [2.45, 2.75) is 70.7 Å². The fourth-order valence-electron chi connectivity index (χ4n) is 5.66. The minimum Gasteiger partial charge on any atom is -0.370 e. The number of ether oxygens (including phenoxy) is 3. The molecule has 6 atom stereocenters. The Kier molecular flexibility index (Phi) is 10.5. The van der Waals surface area contributed by atoms with Gasteiger partial charge >= 0.3 is 0 Å². The molecule has 1 saturated heterocycles. The van der Waals surface area contributed by atoms with Crippen molar-refractivity contribution in [1.29, 1.82) is 5.26 Å². The molecule has 1 aromatic heterocycles. The smallest absolute Gasteiger partial charge is 0.154 e. The van der Waals surface area contributed by atoms with E-state index in [9.17, 15) is 5.26 Å². The summed E-state index contributed by atoms with van der Waals surface area (Å²) >= 11 is 12.8. The Morgan fingerprint density at radius 1 is 0.884 bits per heavy atom. The predicted molar refractivity (Wildman–Crippen MR) is 168 cm³/mol. The van der Waals surface area contributed by atoms with Gasteiger partial charge in [-0.25, -0.2) is 0 Å². The van der Waals surface area contributed by atoms with Crippen LogP contribution < -0.4 is 0 Å². The number of nitriles is 1. The van der Waals surface area contributed by atoms with Gasteiger partial charge in [0.15, 0.2) is 5.15 Å². The van der Waals surface area contributed by atoms with Gasteiger partial charge in [0.2, 0.25) is 0 Å². The van der Waals surface area contributed by atoms with Gasteiger partial charge in [-0.05, 0) is 59.4 Å². The molecule has 2 heterocycles. The van der Waals surface area contributed by atoms with Crippen molar-refractivity contribution < 1.29 is 14.2 Å². The van der Waals surface area contributed by atoms with Crippen LogP contribution in [0.4, 0.5) is 0 Å². The molecule has 8 heteroatoms. The molecule has 0 amide bonds. The Morgan fingerprint density at radius 3 is 2.09 bits per heavy atom. The van der Waals surface area contributed by atoms with Crippen LogP contribution >= 0.6 is 23.2 Å². The highest BCUT2D eigenvalue weighted by Crippen LogP contribution is 2.42. The van der Waals surface area contributed by atoms with E-state index in [2.05, 4.69) is 42.2 Å². The van der Waals surface area contributed by atoms with Crippen LogP contribution in [-0.4, -0.2) is 28.5 Å². The van der Waals surface area contributed by atoms with Gasteiger partial charge in [-0.1, -0.05) is 104 Å². The summed E-state index contributed by atoms with van der Waals surface area (Å²) in [5.41, 5.74) is 4.85. The van der Waals surface area contributed by atoms with E-state index >= 15 is 0 Å². The van der Waals surface area contributed by atoms with Gasteiger partial charge in [-0.3, -0.25) is 0 Å². The number of benzene rings is 3. The number of halogens is 2. The number of aromatic nitrogens is 2. The maximum Gasteiger partial charge on any atom is 0.154 e. The minimum absolute atomic E-state index is 0.0574. The fraction of sp³-hybridized carbons (Fsp3) is 0.343. The Hall–Kier alpha value is -3.31. The molecule has 3 aromatic carbocycles. The van der Waals surface area contributed by atoms with E-state index in [4.69, 9.17) is 37.4 Å². The second-order valence-electron chi connectivity index (χ2n) is 11.0. The van der Waals surface area contributed by atoms with Gasteiger partial charge < -0.3 is 14.2 Å². The van der Waals surface area contributed by atoms with E-state index in [1.807, 2.05) is 73.7 Å². The van der Waals surface area contributed by atoms with Crippen molar-refractivity contribution >= 4 is 23.2 Å². The number of aryl methyl sites for hydroxylation is 1. The molecule has 0 spiro atoms. The molecule has 222 valence electrons. The maximum absolute atomic E-state index is 10.2. The highest BCUT2D eigenvalue weighted by molar-refractivity contribution is 6.31. The number of rotatable bonds is 10. The molecule has 0 radical (unpaired) electrons. The molecule has 0 bridgehead atoms. The topological polar surface area (TPSA) is 77.3 Å². The first-order chi connectivity index (χ1) is 20.9. The molecule has 1 fully saturated rings. The summed E-state index contributed by atoms with van der Waals surface area (Å²) in [6, 6.07) is 30.1. The van der Waals surface area contributed by atoms with E-state index < -0.39 is 18.1 Å². The Morgan fingerprint density at radius 2 is 1.51 bits per heavy atom. The van der Waals surface area contributed by atoms with E-state index in [0.29, 0.717) is 34.6 Å². The molecule has 0 aliphatic carbocycles. The van der Waals surface area contributed by atoms with Gasteiger partial charge in [0.25, 0.3) is 0 Å². The molecule has 1 aliphatic heterocycles. The summed E-state index contributed by atoms with van der Waals surface area (Å²) < 4.78 is 20.1.